The lowest BCUT2D eigenvalue weighted by Crippen LogP contribution is -2.52. The largest absolute Gasteiger partial charge is 0.392 e. The van der Waals surface area contributed by atoms with Crippen LogP contribution in [0, 0.1) is 18.7 Å². The van der Waals surface area contributed by atoms with Crippen molar-refractivity contribution in [2.24, 2.45) is 13.0 Å². The second-order valence-corrected chi connectivity index (χ2v) is 11.7. The van der Waals surface area contributed by atoms with Gasteiger partial charge in [0.05, 0.1) is 29.5 Å². The third-order valence-corrected chi connectivity index (χ3v) is 8.82. The Hall–Kier alpha value is -3.36. The highest BCUT2D eigenvalue weighted by atomic mass is 32.2. The van der Waals surface area contributed by atoms with E-state index in [4.69, 9.17) is 0 Å². The van der Waals surface area contributed by atoms with Gasteiger partial charge in [0, 0.05) is 44.7 Å². The second kappa shape index (κ2) is 9.99. The number of hydrogen-bond donors (Lipinski definition) is 0. The fourth-order valence-corrected chi connectivity index (χ4v) is 6.23. The molecule has 5 rings (SSSR count). The third kappa shape index (κ3) is 5.28. The normalized spacial score (nSPS) is 18.6. The van der Waals surface area contributed by atoms with Crippen LogP contribution in [-0.2, 0) is 17.1 Å². The number of hydrogen-bond acceptors (Lipinski definition) is 6. The summed E-state index contributed by atoms with van der Waals surface area (Å²) in [6.07, 6.45) is -1.60. The summed E-state index contributed by atoms with van der Waals surface area (Å²) < 4.78 is 83.5. The van der Waals surface area contributed by atoms with Gasteiger partial charge in [-0.05, 0) is 54.4 Å². The van der Waals surface area contributed by atoms with Crippen molar-refractivity contribution in [1.82, 2.24) is 34.0 Å². The van der Waals surface area contributed by atoms with Gasteiger partial charge < -0.3 is 0 Å². The average molecular weight is 566 g/mol. The maximum Gasteiger partial charge on any atom is 0.392 e. The Morgan fingerprint density at radius 3 is 2.44 bits per heavy atom. The van der Waals surface area contributed by atoms with Crippen LogP contribution in [0.4, 0.5) is 17.6 Å². The summed E-state index contributed by atoms with van der Waals surface area (Å²) in [5, 5.41) is 12.7. The minimum atomic E-state index is -4.39. The highest BCUT2D eigenvalue weighted by Gasteiger charge is 2.42. The number of aryl methyl sites for hydroxylation is 2. The SMILES string of the molecule is Cc1cc2c(cnn2-c2ccc(F)cc2)cc1[C@@H]1CN(S(=O)(=O)c2cnn(C)n2)CCN1C[C@@H](C)C(F)(F)F. The monoisotopic (exact) mass is 565 g/mol. The van der Waals surface area contributed by atoms with E-state index in [0.717, 1.165) is 34.4 Å². The molecule has 208 valence electrons. The Balaban J connectivity index is 1.54. The molecule has 1 fully saturated rings. The zero-order valence-corrected chi connectivity index (χ0v) is 22.3. The summed E-state index contributed by atoms with van der Waals surface area (Å²) >= 11 is 0. The van der Waals surface area contributed by atoms with Gasteiger partial charge in [-0.15, -0.1) is 5.10 Å². The molecule has 1 aliphatic rings. The molecule has 2 aromatic heterocycles. The molecular formula is C25H27F4N7O2S. The fraction of sp³-hybridized carbons (Fsp3) is 0.400. The van der Waals surface area contributed by atoms with Crippen LogP contribution in [-0.4, -0.2) is 74.8 Å². The molecule has 0 saturated carbocycles. The number of rotatable bonds is 6. The minimum absolute atomic E-state index is 0.0176. The fourth-order valence-electron chi connectivity index (χ4n) is 4.90. The number of halogens is 4. The van der Waals surface area contributed by atoms with E-state index >= 15 is 0 Å². The van der Waals surface area contributed by atoms with Crippen LogP contribution in [0.2, 0.25) is 0 Å². The molecular weight excluding hydrogens is 538 g/mol. The summed E-state index contributed by atoms with van der Waals surface area (Å²) in [6.45, 7) is 2.75. The van der Waals surface area contributed by atoms with Gasteiger partial charge in [-0.3, -0.25) is 4.90 Å². The first-order chi connectivity index (χ1) is 18.3. The minimum Gasteiger partial charge on any atom is -0.293 e. The van der Waals surface area contributed by atoms with Crippen LogP contribution in [0.25, 0.3) is 16.6 Å². The summed E-state index contributed by atoms with van der Waals surface area (Å²) in [5.41, 5.74) is 2.85. The van der Waals surface area contributed by atoms with E-state index in [-0.39, 0.29) is 37.0 Å². The number of nitrogens with zero attached hydrogens (tertiary/aromatic N) is 7. The van der Waals surface area contributed by atoms with E-state index in [1.165, 1.54) is 23.5 Å². The van der Waals surface area contributed by atoms with Crippen LogP contribution >= 0.6 is 0 Å². The molecule has 1 saturated heterocycles. The van der Waals surface area contributed by atoms with E-state index in [1.807, 2.05) is 19.1 Å². The van der Waals surface area contributed by atoms with Gasteiger partial charge in [-0.2, -0.15) is 32.5 Å². The van der Waals surface area contributed by atoms with Crippen molar-refractivity contribution in [1.29, 1.82) is 0 Å². The predicted molar refractivity (Wildman–Crippen MR) is 135 cm³/mol. The van der Waals surface area contributed by atoms with Crippen LogP contribution in [0.5, 0.6) is 0 Å². The topological polar surface area (TPSA) is 89.2 Å². The number of fused-ring (bicyclic) bond motifs is 1. The molecule has 0 bridgehead atoms. The number of benzene rings is 2. The van der Waals surface area contributed by atoms with Crippen molar-refractivity contribution in [3.05, 3.63) is 65.7 Å². The van der Waals surface area contributed by atoms with E-state index in [0.29, 0.717) is 11.3 Å². The summed E-state index contributed by atoms with van der Waals surface area (Å²) in [5.74, 6) is -1.98. The van der Waals surface area contributed by atoms with Crippen molar-refractivity contribution in [3.8, 4) is 5.69 Å². The Kier molecular flexibility index (Phi) is 6.97. The van der Waals surface area contributed by atoms with Gasteiger partial charge in [0.25, 0.3) is 10.0 Å². The second-order valence-electron chi connectivity index (χ2n) is 9.79. The molecule has 0 radical (unpaired) electrons. The number of piperazine rings is 1. The third-order valence-electron chi connectivity index (χ3n) is 7.09. The Morgan fingerprint density at radius 2 is 1.79 bits per heavy atom. The van der Waals surface area contributed by atoms with Gasteiger partial charge in [0.2, 0.25) is 5.03 Å². The van der Waals surface area contributed by atoms with Crippen molar-refractivity contribution in [2.45, 2.75) is 31.1 Å². The molecule has 1 aliphatic heterocycles. The molecule has 2 atom stereocenters. The lowest BCUT2D eigenvalue weighted by molar-refractivity contribution is -0.176. The van der Waals surface area contributed by atoms with Crippen molar-refractivity contribution < 1.29 is 26.0 Å². The van der Waals surface area contributed by atoms with Crippen molar-refractivity contribution >= 4 is 20.9 Å². The Bertz CT molecular complexity index is 1600. The lowest BCUT2D eigenvalue weighted by atomic mass is 9.95. The lowest BCUT2D eigenvalue weighted by Gasteiger charge is -2.42. The van der Waals surface area contributed by atoms with E-state index in [9.17, 15) is 26.0 Å². The van der Waals surface area contributed by atoms with E-state index in [1.54, 1.807) is 27.9 Å². The smallest absolute Gasteiger partial charge is 0.293 e. The first kappa shape index (κ1) is 27.2. The maximum atomic E-state index is 13.5. The first-order valence-corrected chi connectivity index (χ1v) is 13.7. The quantitative estimate of drug-likeness (QED) is 0.330. The van der Waals surface area contributed by atoms with Gasteiger partial charge >= 0.3 is 6.18 Å². The zero-order valence-electron chi connectivity index (χ0n) is 21.5. The predicted octanol–water partition coefficient (Wildman–Crippen LogP) is 3.85. The van der Waals surface area contributed by atoms with Crippen LogP contribution in [0.1, 0.15) is 24.1 Å². The summed E-state index contributed by atoms with van der Waals surface area (Å²) in [6, 6.07) is 8.92. The molecule has 0 N–H and O–H groups in total. The maximum absolute atomic E-state index is 13.5. The number of sulfonamides is 1. The molecule has 0 aliphatic carbocycles. The Morgan fingerprint density at radius 1 is 1.08 bits per heavy atom. The van der Waals surface area contributed by atoms with E-state index < -0.39 is 28.2 Å². The highest BCUT2D eigenvalue weighted by molar-refractivity contribution is 7.89. The standard InChI is InChI=1S/C25H27F4N7O2S/c1-16-10-22-18(12-31-36(22)20-6-4-19(26)5-7-20)11-21(16)23-15-35(39(37,38)24-13-30-33(3)32-24)9-8-34(23)14-17(2)25(27,28)29/h4-7,10-13,17,23H,8-9,14-15H2,1-3H3/t17-,23+/m1/s1. The number of aromatic nitrogens is 5. The Labute approximate surface area is 222 Å². The summed E-state index contributed by atoms with van der Waals surface area (Å²) in [4.78, 5) is 2.84. The van der Waals surface area contributed by atoms with Crippen LogP contribution in [0.15, 0.2) is 53.8 Å². The molecule has 3 heterocycles. The molecule has 9 nitrogen and oxygen atoms in total. The molecule has 0 spiro atoms. The molecule has 0 unspecified atom stereocenters. The van der Waals surface area contributed by atoms with Crippen molar-refractivity contribution in [2.75, 3.05) is 26.2 Å². The molecule has 14 heteroatoms. The van der Waals surface area contributed by atoms with Gasteiger partial charge in [-0.1, -0.05) is 6.92 Å². The van der Waals surface area contributed by atoms with Gasteiger partial charge in [-0.25, -0.2) is 17.5 Å². The molecule has 0 amide bonds. The van der Waals surface area contributed by atoms with Gasteiger partial charge in [0.15, 0.2) is 0 Å². The van der Waals surface area contributed by atoms with Gasteiger partial charge in [0.1, 0.15) is 5.82 Å². The van der Waals surface area contributed by atoms with Crippen LogP contribution < -0.4 is 0 Å². The first-order valence-electron chi connectivity index (χ1n) is 12.3. The molecule has 39 heavy (non-hydrogen) atoms. The molecule has 2 aromatic carbocycles. The van der Waals surface area contributed by atoms with Crippen molar-refractivity contribution in [3.63, 3.8) is 0 Å². The van der Waals surface area contributed by atoms with E-state index in [2.05, 4.69) is 15.3 Å². The van der Waals surface area contributed by atoms with Crippen LogP contribution in [0.3, 0.4) is 0 Å². The zero-order chi connectivity index (χ0) is 28.1. The molecule has 4 aromatic rings. The average Bonchev–Trinajstić information content (AvgIpc) is 3.50. The summed E-state index contributed by atoms with van der Waals surface area (Å²) in [7, 11) is -2.51. The number of alkyl halides is 3. The highest BCUT2D eigenvalue weighted by Crippen LogP contribution is 2.36.